The van der Waals surface area contributed by atoms with E-state index in [0.29, 0.717) is 22.8 Å². The van der Waals surface area contributed by atoms with Crippen molar-refractivity contribution < 1.29 is 18.4 Å². The van der Waals surface area contributed by atoms with Crippen molar-refractivity contribution in [3.05, 3.63) is 47.3 Å². The Labute approximate surface area is 159 Å². The van der Waals surface area contributed by atoms with Gasteiger partial charge in [0, 0.05) is 29.6 Å². The second-order valence-corrected chi connectivity index (χ2v) is 6.40. The molecule has 0 bridgehead atoms. The summed E-state index contributed by atoms with van der Waals surface area (Å²) in [5.74, 6) is -0.567. The van der Waals surface area contributed by atoms with Crippen LogP contribution in [0.4, 0.5) is 20.2 Å². The number of anilines is 2. The molecule has 0 aliphatic rings. The number of amides is 2. The topological polar surface area (TPSA) is 88.9 Å². The number of rotatable bonds is 5. The zero-order chi connectivity index (χ0) is 20.4. The molecule has 0 saturated carbocycles. The second-order valence-electron chi connectivity index (χ2n) is 6.40. The molecule has 0 aliphatic heterocycles. The molecule has 0 fully saturated rings. The minimum atomic E-state index is -2.66. The average molecular weight is 387 g/mol. The molecule has 0 unspecified atom stereocenters. The number of nitrogens with one attached hydrogen (secondary N) is 2. The average Bonchev–Trinajstić information content (AvgIpc) is 2.90. The minimum absolute atomic E-state index is 0.139. The van der Waals surface area contributed by atoms with Crippen LogP contribution in [0.15, 0.2) is 30.3 Å². The predicted molar refractivity (Wildman–Crippen MR) is 101 cm³/mol. The maximum absolute atomic E-state index is 13.4. The molecule has 0 spiro atoms. The number of aryl methyl sites for hydroxylation is 2. The summed E-state index contributed by atoms with van der Waals surface area (Å²) in [6, 6.07) is 7.94. The second kappa shape index (κ2) is 7.71. The Morgan fingerprint density at radius 1 is 1.11 bits per heavy atom. The highest BCUT2D eigenvalue weighted by Crippen LogP contribution is 2.29. The number of benzene rings is 1. The molecular formula is C19H19F2N5O2. The Morgan fingerprint density at radius 2 is 1.71 bits per heavy atom. The third-order valence-electron chi connectivity index (χ3n) is 4.05. The van der Waals surface area contributed by atoms with Crippen LogP contribution in [0.3, 0.4) is 0 Å². The maximum Gasteiger partial charge on any atom is 0.264 e. The van der Waals surface area contributed by atoms with Crippen LogP contribution in [0, 0.1) is 13.8 Å². The number of carbonyl (C=O) groups excluding carboxylic acids is 2. The van der Waals surface area contributed by atoms with Gasteiger partial charge in [-0.05, 0) is 44.2 Å². The van der Waals surface area contributed by atoms with Crippen molar-refractivity contribution in [3.8, 4) is 0 Å². The van der Waals surface area contributed by atoms with Crippen molar-refractivity contribution in [2.75, 3.05) is 10.6 Å². The van der Waals surface area contributed by atoms with Crippen molar-refractivity contribution in [2.24, 2.45) is 0 Å². The summed E-state index contributed by atoms with van der Waals surface area (Å²) >= 11 is 0. The number of halogens is 2. The van der Waals surface area contributed by atoms with Gasteiger partial charge in [0.15, 0.2) is 5.65 Å². The fraction of sp³-hybridized carbons (Fsp3) is 0.263. The lowest BCUT2D eigenvalue weighted by molar-refractivity contribution is -0.117. The quantitative estimate of drug-likeness (QED) is 0.700. The molecule has 3 aromatic rings. The molecule has 0 aliphatic carbocycles. The highest BCUT2D eigenvalue weighted by atomic mass is 19.3. The Kier molecular flexibility index (Phi) is 5.34. The molecule has 7 nitrogen and oxygen atoms in total. The smallest absolute Gasteiger partial charge is 0.264 e. The summed E-state index contributed by atoms with van der Waals surface area (Å²) in [5.41, 5.74) is 2.08. The highest BCUT2D eigenvalue weighted by Gasteiger charge is 2.20. The SMILES string of the molecule is CC(=O)Nc1ccc(NC(=O)Cn2nc(C)c3c(C(F)F)cc(C)nc32)cc1. The Morgan fingerprint density at radius 3 is 2.29 bits per heavy atom. The van der Waals surface area contributed by atoms with Crippen molar-refractivity contribution in [1.29, 1.82) is 0 Å². The van der Waals surface area contributed by atoms with E-state index in [9.17, 15) is 18.4 Å². The molecule has 2 aromatic heterocycles. The van der Waals surface area contributed by atoms with E-state index in [0.717, 1.165) is 0 Å². The van der Waals surface area contributed by atoms with Crippen LogP contribution in [-0.2, 0) is 16.1 Å². The number of hydrogen-bond acceptors (Lipinski definition) is 4. The normalized spacial score (nSPS) is 11.1. The first-order chi connectivity index (χ1) is 13.2. The van der Waals surface area contributed by atoms with Gasteiger partial charge in [0.05, 0.1) is 11.1 Å². The van der Waals surface area contributed by atoms with Gasteiger partial charge in [-0.3, -0.25) is 9.59 Å². The van der Waals surface area contributed by atoms with Gasteiger partial charge in [0.25, 0.3) is 6.43 Å². The summed E-state index contributed by atoms with van der Waals surface area (Å²) in [6.07, 6.45) is -2.66. The molecule has 2 N–H and O–H groups in total. The van der Waals surface area contributed by atoms with Gasteiger partial charge in [-0.2, -0.15) is 5.10 Å². The molecule has 2 amide bonds. The third-order valence-corrected chi connectivity index (χ3v) is 4.05. The van der Waals surface area contributed by atoms with E-state index in [4.69, 9.17) is 0 Å². The lowest BCUT2D eigenvalue weighted by Crippen LogP contribution is -2.20. The van der Waals surface area contributed by atoms with Crippen LogP contribution in [0.5, 0.6) is 0 Å². The van der Waals surface area contributed by atoms with E-state index in [1.165, 1.54) is 17.7 Å². The predicted octanol–water partition coefficient (Wildman–Crippen LogP) is 3.58. The lowest BCUT2D eigenvalue weighted by Gasteiger charge is -2.08. The van der Waals surface area contributed by atoms with Crippen LogP contribution >= 0.6 is 0 Å². The summed E-state index contributed by atoms with van der Waals surface area (Å²) < 4.78 is 28.0. The summed E-state index contributed by atoms with van der Waals surface area (Å²) in [5, 5.41) is 9.83. The van der Waals surface area contributed by atoms with Crippen LogP contribution in [0.25, 0.3) is 11.0 Å². The van der Waals surface area contributed by atoms with Crippen molar-refractivity contribution in [3.63, 3.8) is 0 Å². The van der Waals surface area contributed by atoms with Crippen LogP contribution in [0.2, 0.25) is 0 Å². The van der Waals surface area contributed by atoms with Gasteiger partial charge in [0.1, 0.15) is 6.54 Å². The van der Waals surface area contributed by atoms with E-state index in [1.807, 2.05) is 0 Å². The third kappa shape index (κ3) is 4.13. The molecule has 0 saturated heterocycles. The molecule has 2 heterocycles. The van der Waals surface area contributed by atoms with Gasteiger partial charge >= 0.3 is 0 Å². The van der Waals surface area contributed by atoms with Gasteiger partial charge < -0.3 is 10.6 Å². The molecule has 28 heavy (non-hydrogen) atoms. The van der Waals surface area contributed by atoms with Crippen molar-refractivity contribution in [1.82, 2.24) is 14.8 Å². The zero-order valence-electron chi connectivity index (χ0n) is 15.6. The summed E-state index contributed by atoms with van der Waals surface area (Å²) in [4.78, 5) is 27.7. The molecule has 0 radical (unpaired) electrons. The number of aromatic nitrogens is 3. The van der Waals surface area contributed by atoms with Crippen LogP contribution in [0.1, 0.15) is 30.3 Å². The molecule has 0 atom stereocenters. The van der Waals surface area contributed by atoms with Gasteiger partial charge in [-0.25, -0.2) is 18.4 Å². The largest absolute Gasteiger partial charge is 0.326 e. The Balaban J connectivity index is 1.81. The number of hydrogen-bond donors (Lipinski definition) is 2. The first-order valence-electron chi connectivity index (χ1n) is 8.55. The van der Waals surface area contributed by atoms with E-state index in [1.54, 1.807) is 38.1 Å². The number of nitrogens with zero attached hydrogens (tertiary/aromatic N) is 3. The molecule has 1 aromatic carbocycles. The van der Waals surface area contributed by atoms with Crippen LogP contribution in [-0.4, -0.2) is 26.6 Å². The summed E-state index contributed by atoms with van der Waals surface area (Å²) in [6.45, 7) is 4.47. The first-order valence-corrected chi connectivity index (χ1v) is 8.55. The molecule has 9 heteroatoms. The number of alkyl halides is 2. The molecule has 3 rings (SSSR count). The van der Waals surface area contributed by atoms with E-state index in [2.05, 4.69) is 20.7 Å². The summed E-state index contributed by atoms with van der Waals surface area (Å²) in [7, 11) is 0. The number of carbonyl (C=O) groups is 2. The van der Waals surface area contributed by atoms with E-state index < -0.39 is 6.43 Å². The number of fused-ring (bicyclic) bond motifs is 1. The Hall–Kier alpha value is -3.36. The molecular weight excluding hydrogens is 368 g/mol. The monoisotopic (exact) mass is 387 g/mol. The van der Waals surface area contributed by atoms with E-state index in [-0.39, 0.29) is 35.0 Å². The highest BCUT2D eigenvalue weighted by molar-refractivity contribution is 5.93. The standard InChI is InChI=1S/C19H19F2N5O2/c1-10-8-15(18(20)21)17-11(2)25-26(19(17)22-10)9-16(28)24-14-6-4-13(5-7-14)23-12(3)27/h4-8,18H,9H2,1-3H3,(H,23,27)(H,24,28). The lowest BCUT2D eigenvalue weighted by atomic mass is 10.1. The van der Waals surface area contributed by atoms with Gasteiger partial charge in [0.2, 0.25) is 11.8 Å². The first kappa shape index (κ1) is 19.4. The molecule has 146 valence electrons. The zero-order valence-corrected chi connectivity index (χ0v) is 15.6. The number of pyridine rings is 1. The van der Waals surface area contributed by atoms with Crippen molar-refractivity contribution >= 4 is 34.2 Å². The van der Waals surface area contributed by atoms with Gasteiger partial charge in [-0.1, -0.05) is 0 Å². The van der Waals surface area contributed by atoms with Gasteiger partial charge in [-0.15, -0.1) is 0 Å². The minimum Gasteiger partial charge on any atom is -0.326 e. The van der Waals surface area contributed by atoms with E-state index >= 15 is 0 Å². The Bertz CT molecular complexity index is 1040. The fourth-order valence-corrected chi connectivity index (χ4v) is 2.98. The van der Waals surface area contributed by atoms with Crippen LogP contribution < -0.4 is 10.6 Å². The van der Waals surface area contributed by atoms with Crippen molar-refractivity contribution in [2.45, 2.75) is 33.7 Å². The maximum atomic E-state index is 13.4. The fourth-order valence-electron chi connectivity index (χ4n) is 2.98.